The Bertz CT molecular complexity index is 236. The molecule has 0 fully saturated rings. The van der Waals surface area contributed by atoms with Crippen LogP contribution in [0.15, 0.2) is 18.5 Å². The molecule has 0 aliphatic heterocycles. The van der Waals surface area contributed by atoms with Crippen LogP contribution in [0.25, 0.3) is 6.08 Å². The monoisotopic (exact) mass is 136 g/mol. The number of nitrogens with zero attached hydrogens (tertiary/aromatic N) is 1. The summed E-state index contributed by atoms with van der Waals surface area (Å²) in [5, 5.41) is 0. The van der Waals surface area contributed by atoms with Crippen molar-refractivity contribution in [1.82, 2.24) is 9.97 Å². The highest BCUT2D eigenvalue weighted by molar-refractivity contribution is 5.90. The SMILES string of the molecule is CC(=O)C=Cc1ncc[nH]1. The standard InChI is InChI=1S/C7H8N2O/c1-6(10)2-3-7-8-4-5-9-7/h2-5H,1H3,(H,8,9). The predicted molar refractivity (Wildman–Crippen MR) is 38.3 cm³/mol. The van der Waals surface area contributed by atoms with Crippen LogP contribution in [0.3, 0.4) is 0 Å². The fourth-order valence-electron chi connectivity index (χ4n) is 0.565. The number of carbonyl (C=O) groups is 1. The average molecular weight is 136 g/mol. The molecular formula is C7H8N2O. The van der Waals surface area contributed by atoms with Gasteiger partial charge in [-0.3, -0.25) is 4.79 Å². The van der Waals surface area contributed by atoms with E-state index in [1.165, 1.54) is 13.0 Å². The maximum atomic E-state index is 10.4. The maximum Gasteiger partial charge on any atom is 0.152 e. The number of imidazole rings is 1. The molecule has 0 spiro atoms. The molecule has 0 radical (unpaired) electrons. The highest BCUT2D eigenvalue weighted by Gasteiger charge is 1.86. The van der Waals surface area contributed by atoms with E-state index in [0.717, 1.165) is 0 Å². The summed E-state index contributed by atoms with van der Waals surface area (Å²) >= 11 is 0. The molecule has 0 aliphatic carbocycles. The van der Waals surface area contributed by atoms with Crippen LogP contribution in [0, 0.1) is 0 Å². The van der Waals surface area contributed by atoms with Gasteiger partial charge in [0.2, 0.25) is 0 Å². The van der Waals surface area contributed by atoms with E-state index < -0.39 is 0 Å². The summed E-state index contributed by atoms with van der Waals surface area (Å²) in [4.78, 5) is 17.1. The average Bonchev–Trinajstić information content (AvgIpc) is 2.34. The van der Waals surface area contributed by atoms with Crippen molar-refractivity contribution in [2.24, 2.45) is 0 Å². The molecule has 10 heavy (non-hydrogen) atoms. The maximum absolute atomic E-state index is 10.4. The molecule has 1 aromatic heterocycles. The molecule has 0 aromatic carbocycles. The molecule has 3 heteroatoms. The topological polar surface area (TPSA) is 45.8 Å². The Morgan fingerprint density at radius 1 is 1.80 bits per heavy atom. The van der Waals surface area contributed by atoms with E-state index >= 15 is 0 Å². The number of hydrogen-bond acceptors (Lipinski definition) is 2. The van der Waals surface area contributed by atoms with Gasteiger partial charge in [-0.15, -0.1) is 0 Å². The molecule has 1 rings (SSSR count). The van der Waals surface area contributed by atoms with Crippen LogP contribution < -0.4 is 0 Å². The number of hydrogen-bond donors (Lipinski definition) is 1. The Labute approximate surface area is 58.8 Å². The summed E-state index contributed by atoms with van der Waals surface area (Å²) in [6.45, 7) is 1.50. The zero-order chi connectivity index (χ0) is 7.40. The largest absolute Gasteiger partial charge is 0.345 e. The lowest BCUT2D eigenvalue weighted by atomic mass is 10.4. The molecule has 0 saturated heterocycles. The molecule has 1 heterocycles. The van der Waals surface area contributed by atoms with Gasteiger partial charge in [0.1, 0.15) is 5.82 Å². The highest BCUT2D eigenvalue weighted by Crippen LogP contribution is 1.90. The number of ketones is 1. The lowest BCUT2D eigenvalue weighted by Crippen LogP contribution is -1.80. The molecule has 1 aromatic rings. The zero-order valence-corrected chi connectivity index (χ0v) is 5.66. The van der Waals surface area contributed by atoms with Crippen molar-refractivity contribution in [3.63, 3.8) is 0 Å². The van der Waals surface area contributed by atoms with E-state index in [0.29, 0.717) is 5.82 Å². The van der Waals surface area contributed by atoms with Gasteiger partial charge in [-0.1, -0.05) is 0 Å². The first-order chi connectivity index (χ1) is 4.79. The fourth-order valence-corrected chi connectivity index (χ4v) is 0.565. The number of aromatic amines is 1. The van der Waals surface area contributed by atoms with E-state index in [4.69, 9.17) is 0 Å². The van der Waals surface area contributed by atoms with Crippen molar-refractivity contribution in [1.29, 1.82) is 0 Å². The van der Waals surface area contributed by atoms with Crippen LogP contribution in [0.1, 0.15) is 12.7 Å². The smallest absolute Gasteiger partial charge is 0.152 e. The van der Waals surface area contributed by atoms with E-state index in [9.17, 15) is 4.79 Å². The molecule has 1 N–H and O–H groups in total. The number of H-pyrrole nitrogens is 1. The highest BCUT2D eigenvalue weighted by atomic mass is 16.1. The Balaban J connectivity index is 2.64. The second-order valence-corrected chi connectivity index (χ2v) is 1.92. The van der Waals surface area contributed by atoms with E-state index in [2.05, 4.69) is 9.97 Å². The first kappa shape index (κ1) is 6.74. The molecule has 0 aliphatic rings. The van der Waals surface area contributed by atoms with Crippen molar-refractivity contribution < 1.29 is 4.79 Å². The van der Waals surface area contributed by atoms with Crippen LogP contribution in [0.5, 0.6) is 0 Å². The summed E-state index contributed by atoms with van der Waals surface area (Å²) in [6.07, 6.45) is 6.46. The molecule has 0 amide bonds. The summed E-state index contributed by atoms with van der Waals surface area (Å²) in [6, 6.07) is 0. The van der Waals surface area contributed by atoms with Gasteiger partial charge in [-0.05, 0) is 19.1 Å². The van der Waals surface area contributed by atoms with E-state index in [-0.39, 0.29) is 5.78 Å². The van der Waals surface area contributed by atoms with Gasteiger partial charge >= 0.3 is 0 Å². The Morgan fingerprint density at radius 2 is 2.60 bits per heavy atom. The van der Waals surface area contributed by atoms with Gasteiger partial charge in [0.05, 0.1) is 0 Å². The molecule has 0 saturated carbocycles. The minimum atomic E-state index is 0.0244. The quantitative estimate of drug-likeness (QED) is 0.617. The Morgan fingerprint density at radius 3 is 3.10 bits per heavy atom. The molecular weight excluding hydrogens is 128 g/mol. The Kier molecular flexibility index (Phi) is 1.99. The van der Waals surface area contributed by atoms with Crippen molar-refractivity contribution in [3.8, 4) is 0 Å². The predicted octanol–water partition coefficient (Wildman–Crippen LogP) is 1.01. The first-order valence-electron chi connectivity index (χ1n) is 2.97. The minimum Gasteiger partial charge on any atom is -0.345 e. The molecule has 52 valence electrons. The molecule has 0 atom stereocenters. The number of carbonyl (C=O) groups excluding carboxylic acids is 1. The zero-order valence-electron chi connectivity index (χ0n) is 5.66. The first-order valence-corrected chi connectivity index (χ1v) is 2.97. The van der Waals surface area contributed by atoms with Crippen LogP contribution in [-0.2, 0) is 4.79 Å². The second kappa shape index (κ2) is 2.96. The summed E-state index contributed by atoms with van der Waals surface area (Å²) < 4.78 is 0. The van der Waals surface area contributed by atoms with Crippen LogP contribution >= 0.6 is 0 Å². The summed E-state index contributed by atoms with van der Waals surface area (Å²) in [5.41, 5.74) is 0. The lowest BCUT2D eigenvalue weighted by Gasteiger charge is -1.79. The lowest BCUT2D eigenvalue weighted by molar-refractivity contribution is -0.112. The third-order valence-corrected chi connectivity index (χ3v) is 0.995. The molecule has 0 bridgehead atoms. The van der Waals surface area contributed by atoms with Gasteiger partial charge in [0, 0.05) is 12.4 Å². The van der Waals surface area contributed by atoms with Crippen LogP contribution in [-0.4, -0.2) is 15.8 Å². The van der Waals surface area contributed by atoms with Crippen LogP contribution in [0.4, 0.5) is 0 Å². The Hall–Kier alpha value is -1.38. The summed E-state index contributed by atoms with van der Waals surface area (Å²) in [5.74, 6) is 0.728. The normalized spacial score (nSPS) is 10.5. The van der Waals surface area contributed by atoms with Gasteiger partial charge < -0.3 is 4.98 Å². The van der Waals surface area contributed by atoms with Crippen molar-refractivity contribution >= 4 is 11.9 Å². The fraction of sp³-hybridized carbons (Fsp3) is 0.143. The summed E-state index contributed by atoms with van der Waals surface area (Å²) in [7, 11) is 0. The van der Waals surface area contributed by atoms with Gasteiger partial charge in [0.25, 0.3) is 0 Å². The third-order valence-electron chi connectivity index (χ3n) is 0.995. The number of allylic oxidation sites excluding steroid dienone is 1. The van der Waals surface area contributed by atoms with Crippen molar-refractivity contribution in [2.75, 3.05) is 0 Å². The van der Waals surface area contributed by atoms with Gasteiger partial charge in [-0.25, -0.2) is 4.98 Å². The van der Waals surface area contributed by atoms with Gasteiger partial charge in [-0.2, -0.15) is 0 Å². The van der Waals surface area contributed by atoms with Crippen molar-refractivity contribution in [2.45, 2.75) is 6.92 Å². The van der Waals surface area contributed by atoms with Gasteiger partial charge in [0.15, 0.2) is 5.78 Å². The van der Waals surface area contributed by atoms with E-state index in [1.54, 1.807) is 18.5 Å². The van der Waals surface area contributed by atoms with Crippen LogP contribution in [0.2, 0.25) is 0 Å². The number of aromatic nitrogens is 2. The third kappa shape index (κ3) is 1.85. The minimum absolute atomic E-state index is 0.0244. The number of rotatable bonds is 2. The second-order valence-electron chi connectivity index (χ2n) is 1.92. The molecule has 0 unspecified atom stereocenters. The van der Waals surface area contributed by atoms with Crippen molar-refractivity contribution in [3.05, 3.63) is 24.3 Å². The number of nitrogens with one attached hydrogen (secondary N) is 1. The van der Waals surface area contributed by atoms with E-state index in [1.807, 2.05) is 0 Å². The molecule has 3 nitrogen and oxygen atoms in total.